The van der Waals surface area contributed by atoms with Crippen LogP contribution in [0.2, 0.25) is 0 Å². The van der Waals surface area contributed by atoms with Gasteiger partial charge in [0.15, 0.2) is 5.96 Å². The third kappa shape index (κ3) is 13.0. The van der Waals surface area contributed by atoms with Gasteiger partial charge in [-0.25, -0.2) is 9.80 Å². The molecule has 0 radical (unpaired) electrons. The summed E-state index contributed by atoms with van der Waals surface area (Å²) in [7, 11) is 0. The minimum Gasteiger partial charge on any atom is -0.480 e. The fourth-order valence-electron chi connectivity index (χ4n) is 5.79. The van der Waals surface area contributed by atoms with Crippen LogP contribution in [-0.4, -0.2) is 76.8 Å². The summed E-state index contributed by atoms with van der Waals surface area (Å²) in [6, 6.07) is 5.21. The quantitative estimate of drug-likeness (QED) is 0.0627. The van der Waals surface area contributed by atoms with Gasteiger partial charge in [-0.15, -0.1) is 34.0 Å². The first-order chi connectivity index (χ1) is 20.3. The number of hydrogen-bond acceptors (Lipinski definition) is 7. The van der Waals surface area contributed by atoms with Crippen LogP contribution in [0.15, 0.2) is 24.3 Å². The number of aryl methyl sites for hydroxylation is 1. The number of anilines is 1. The van der Waals surface area contributed by atoms with Gasteiger partial charge < -0.3 is 20.9 Å². The number of fused-ring (bicyclic) bond motifs is 1. The second-order valence-electron chi connectivity index (χ2n) is 11.5. The Morgan fingerprint density at radius 2 is 1.64 bits per heavy atom. The van der Waals surface area contributed by atoms with E-state index in [1.165, 1.54) is 37.1 Å². The maximum Gasteiger partial charge on any atom is 0.328 e. The number of halogens is 2. The molecule has 2 saturated heterocycles. The molecule has 3 atom stereocenters. The molecule has 0 saturated carbocycles. The fraction of sp³-hybridized carbons (Fsp3) is 0.677. The molecule has 0 spiro atoms. The third-order valence-corrected chi connectivity index (χ3v) is 8.10. The van der Waals surface area contributed by atoms with Crippen LogP contribution in [0.25, 0.3) is 0 Å². The number of unbranched alkanes of at least 4 members (excludes halogenated alkanes) is 7. The fourth-order valence-corrected chi connectivity index (χ4v) is 5.79. The van der Waals surface area contributed by atoms with E-state index in [4.69, 9.17) is 15.9 Å². The van der Waals surface area contributed by atoms with E-state index in [0.717, 1.165) is 37.7 Å². The third-order valence-electron chi connectivity index (χ3n) is 8.10. The molecule has 1 aromatic carbocycles. The molecule has 13 heteroatoms. The number of hydrazine groups is 1. The normalized spacial score (nSPS) is 19.0. The number of carbonyl (C=O) groups excluding carboxylic acids is 2. The van der Waals surface area contributed by atoms with Crippen LogP contribution >= 0.6 is 34.0 Å². The molecule has 0 aromatic heterocycles. The number of carboxylic acids is 1. The lowest BCUT2D eigenvalue weighted by Crippen LogP contribution is -2.61. The number of rotatable bonds is 17. The molecule has 250 valence electrons. The van der Waals surface area contributed by atoms with Gasteiger partial charge >= 0.3 is 11.9 Å². The number of nitrogens with two attached hydrogens (primary N) is 1. The van der Waals surface area contributed by atoms with Crippen LogP contribution in [-0.2, 0) is 25.5 Å². The molecule has 2 heterocycles. The molecule has 0 unspecified atom stereocenters. The van der Waals surface area contributed by atoms with Crippen molar-refractivity contribution in [2.24, 2.45) is 5.73 Å². The second kappa shape index (κ2) is 21.5. The molecule has 0 aliphatic carbocycles. The average molecular weight is 749 g/mol. The monoisotopic (exact) mass is 746 g/mol. The Bertz CT molecular complexity index is 1030. The highest BCUT2D eigenvalue weighted by atomic mass is 79.9. The van der Waals surface area contributed by atoms with Crippen LogP contribution in [0.1, 0.15) is 96.0 Å². The van der Waals surface area contributed by atoms with E-state index in [0.29, 0.717) is 51.1 Å². The minimum atomic E-state index is -1.00. The van der Waals surface area contributed by atoms with Gasteiger partial charge in [-0.1, -0.05) is 64.0 Å². The van der Waals surface area contributed by atoms with E-state index >= 15 is 0 Å². The van der Waals surface area contributed by atoms with Gasteiger partial charge in [-0.3, -0.25) is 25.3 Å². The van der Waals surface area contributed by atoms with Crippen LogP contribution < -0.4 is 16.4 Å². The Hall–Kier alpha value is -2.22. The lowest BCUT2D eigenvalue weighted by Gasteiger charge is -2.42. The van der Waals surface area contributed by atoms with E-state index in [2.05, 4.69) is 17.6 Å². The summed E-state index contributed by atoms with van der Waals surface area (Å²) < 4.78 is 5.70. The van der Waals surface area contributed by atoms with Crippen molar-refractivity contribution in [3.8, 4) is 0 Å². The number of hydrogen-bond donors (Lipinski definition) is 5. The van der Waals surface area contributed by atoms with Crippen molar-refractivity contribution in [3.63, 3.8) is 0 Å². The van der Waals surface area contributed by atoms with Gasteiger partial charge in [0.25, 0.3) is 5.91 Å². The van der Waals surface area contributed by atoms with Crippen LogP contribution in [0.5, 0.6) is 0 Å². The molecular weight excluding hydrogens is 696 g/mol. The first-order valence-corrected chi connectivity index (χ1v) is 15.7. The maximum atomic E-state index is 13.7. The van der Waals surface area contributed by atoms with Crippen LogP contribution in [0.4, 0.5) is 5.69 Å². The Morgan fingerprint density at radius 1 is 1.02 bits per heavy atom. The zero-order chi connectivity index (χ0) is 30.3. The number of guanidine groups is 1. The maximum absolute atomic E-state index is 13.7. The zero-order valence-corrected chi connectivity index (χ0v) is 29.4. The van der Waals surface area contributed by atoms with Crippen molar-refractivity contribution in [1.82, 2.24) is 15.3 Å². The van der Waals surface area contributed by atoms with Crippen molar-refractivity contribution >= 4 is 63.5 Å². The highest BCUT2D eigenvalue weighted by Crippen LogP contribution is 2.25. The standard InChI is InChI=1S/C31H50N6O5.2BrH/c1-2-3-4-5-6-7-8-9-22-42-30(41)26(19-16-23-14-17-24(18-15-23)34-31(32)33)35-25-12-10-20-36-21-11-13-27(29(39)40)37(36)28(25)38;;/h14-15,17-18,25-27,35H,2-13,16,19-22H2,1H3,(H,39,40)(H4,32,33,34);2*1H/t25-,26-,27-;;/m0../s1. The molecule has 44 heavy (non-hydrogen) atoms. The van der Waals surface area contributed by atoms with Gasteiger partial charge in [-0.05, 0) is 62.6 Å². The summed E-state index contributed by atoms with van der Waals surface area (Å²) in [5.74, 6) is -1.82. The number of aliphatic carboxylic acids is 1. The highest BCUT2D eigenvalue weighted by Gasteiger charge is 2.42. The first-order valence-electron chi connectivity index (χ1n) is 15.7. The average Bonchev–Trinajstić information content (AvgIpc) is 3.12. The van der Waals surface area contributed by atoms with E-state index in [-0.39, 0.29) is 51.8 Å². The van der Waals surface area contributed by atoms with Crippen LogP contribution in [0.3, 0.4) is 0 Å². The SMILES string of the molecule is Br.Br.CCCCCCCCCCOC(=O)[C@H](CCc1ccc(NC(=N)N)cc1)N[C@H]1CCCN2CCC[C@@H](C(=O)O)N2C1=O. The van der Waals surface area contributed by atoms with Crippen molar-refractivity contribution in [2.45, 2.75) is 115 Å². The molecule has 1 aromatic rings. The van der Waals surface area contributed by atoms with Crippen molar-refractivity contribution in [2.75, 3.05) is 25.0 Å². The summed E-state index contributed by atoms with van der Waals surface area (Å²) in [5.41, 5.74) is 7.10. The Kier molecular flexibility index (Phi) is 19.5. The van der Waals surface area contributed by atoms with E-state index in [1.807, 2.05) is 29.3 Å². The van der Waals surface area contributed by atoms with Gasteiger partial charge in [0.1, 0.15) is 12.1 Å². The number of carbonyl (C=O) groups is 3. The zero-order valence-electron chi connectivity index (χ0n) is 25.9. The number of amides is 1. The second-order valence-corrected chi connectivity index (χ2v) is 11.5. The molecule has 3 rings (SSSR count). The lowest BCUT2D eigenvalue weighted by atomic mass is 10.0. The number of benzene rings is 1. The van der Waals surface area contributed by atoms with Crippen molar-refractivity contribution in [1.29, 1.82) is 5.41 Å². The first kappa shape index (κ1) is 39.8. The summed E-state index contributed by atoms with van der Waals surface area (Å²) >= 11 is 0. The van der Waals surface area contributed by atoms with E-state index < -0.39 is 24.1 Å². The molecule has 2 aliphatic rings. The lowest BCUT2D eigenvalue weighted by molar-refractivity contribution is -0.174. The number of nitrogens with one attached hydrogen (secondary N) is 3. The van der Waals surface area contributed by atoms with Crippen molar-refractivity contribution in [3.05, 3.63) is 29.8 Å². The van der Waals surface area contributed by atoms with Crippen LogP contribution in [0, 0.1) is 5.41 Å². The molecule has 2 aliphatic heterocycles. The largest absolute Gasteiger partial charge is 0.480 e. The highest BCUT2D eigenvalue weighted by molar-refractivity contribution is 8.93. The van der Waals surface area contributed by atoms with Gasteiger partial charge in [-0.2, -0.15) is 0 Å². The predicted octanol–water partition coefficient (Wildman–Crippen LogP) is 5.18. The summed E-state index contributed by atoms with van der Waals surface area (Å²) in [6.07, 6.45) is 12.6. The molecule has 0 bridgehead atoms. The van der Waals surface area contributed by atoms with E-state index in [9.17, 15) is 19.5 Å². The summed E-state index contributed by atoms with van der Waals surface area (Å²) in [4.78, 5) is 38.9. The minimum absolute atomic E-state index is 0. The number of carboxylic acid groups (broad SMARTS) is 1. The Labute approximate surface area is 283 Å². The smallest absolute Gasteiger partial charge is 0.328 e. The topological polar surface area (TPSA) is 161 Å². The Balaban J connectivity index is 0.00000484. The Morgan fingerprint density at radius 3 is 2.25 bits per heavy atom. The van der Waals surface area contributed by atoms with Gasteiger partial charge in [0, 0.05) is 18.8 Å². The summed E-state index contributed by atoms with van der Waals surface area (Å²) in [6.45, 7) is 3.82. The van der Waals surface area contributed by atoms with Gasteiger partial charge in [0.05, 0.1) is 12.6 Å². The molecule has 1 amide bonds. The number of esters is 1. The molecule has 6 N–H and O–H groups in total. The predicted molar refractivity (Wildman–Crippen MR) is 184 cm³/mol. The van der Waals surface area contributed by atoms with E-state index in [1.54, 1.807) is 0 Å². The number of nitrogens with zero attached hydrogens (tertiary/aromatic N) is 2. The summed E-state index contributed by atoms with van der Waals surface area (Å²) in [5, 5.41) is 26.5. The van der Waals surface area contributed by atoms with Gasteiger partial charge in [0.2, 0.25) is 0 Å². The molecule has 11 nitrogen and oxygen atoms in total. The van der Waals surface area contributed by atoms with Crippen molar-refractivity contribution < 1.29 is 24.2 Å². The molecular formula is C31H52Br2N6O5. The molecule has 2 fully saturated rings. The number of ether oxygens (including phenoxy) is 1.